The van der Waals surface area contributed by atoms with E-state index in [1.54, 1.807) is 11.6 Å². The van der Waals surface area contributed by atoms with Crippen LogP contribution < -0.4 is 0 Å². The van der Waals surface area contributed by atoms with Gasteiger partial charge in [-0.15, -0.1) is 0 Å². The highest BCUT2D eigenvalue weighted by Crippen LogP contribution is 2.31. The topological polar surface area (TPSA) is 93.4 Å². The maximum Gasteiger partial charge on any atom is 0.220 e. The molecule has 2 aromatic rings. The molecule has 2 aliphatic heterocycles. The van der Waals surface area contributed by atoms with Crippen LogP contribution in [0.4, 0.5) is 0 Å². The molecule has 0 spiro atoms. The molecule has 0 aliphatic carbocycles. The van der Waals surface area contributed by atoms with Crippen LogP contribution in [0.3, 0.4) is 0 Å². The Morgan fingerprint density at radius 1 is 1.35 bits per heavy atom. The third-order valence-electron chi connectivity index (χ3n) is 5.29. The van der Waals surface area contributed by atoms with Crippen molar-refractivity contribution in [1.29, 1.82) is 5.41 Å². The van der Waals surface area contributed by atoms with Gasteiger partial charge in [0.15, 0.2) is 5.84 Å². The number of H-pyrrole nitrogens is 1. The number of aryl methyl sites for hydroxylation is 1. The van der Waals surface area contributed by atoms with Gasteiger partial charge in [-0.3, -0.25) is 14.9 Å². The highest BCUT2D eigenvalue weighted by Gasteiger charge is 2.42. The van der Waals surface area contributed by atoms with Crippen molar-refractivity contribution < 1.29 is 4.79 Å². The molecule has 8 heteroatoms. The van der Waals surface area contributed by atoms with Gasteiger partial charge in [0.1, 0.15) is 6.34 Å². The number of nitrogens with one attached hydrogen (secondary N) is 2. The summed E-state index contributed by atoms with van der Waals surface area (Å²) in [6.07, 6.45) is 8.87. The van der Waals surface area contributed by atoms with Crippen LogP contribution in [0, 0.1) is 5.41 Å². The summed E-state index contributed by atoms with van der Waals surface area (Å²) in [5, 5.41) is 11.7. The van der Waals surface area contributed by atoms with Crippen LogP contribution >= 0.6 is 0 Å². The summed E-state index contributed by atoms with van der Waals surface area (Å²) < 4.78 is 1.77. The fourth-order valence-corrected chi connectivity index (χ4v) is 4.23. The smallest absolute Gasteiger partial charge is 0.220 e. The summed E-state index contributed by atoms with van der Waals surface area (Å²) >= 11 is 0. The van der Waals surface area contributed by atoms with E-state index in [1.807, 2.05) is 36.6 Å². The third kappa shape index (κ3) is 2.81. The molecule has 2 unspecified atom stereocenters. The second-order valence-electron chi connectivity index (χ2n) is 7.00. The number of aromatic nitrogens is 3. The van der Waals surface area contributed by atoms with Gasteiger partial charge in [0.2, 0.25) is 5.91 Å². The molecule has 2 N–H and O–H groups in total. The SMILES string of the molecule is CC(=O)N1C2CCC1CN(/C(=N/C=N)c1cc(-c3cnn(C)c3)c[nH]1)C2. The van der Waals surface area contributed by atoms with Crippen LogP contribution in [-0.4, -0.2) is 67.8 Å². The molecule has 4 heterocycles. The van der Waals surface area contributed by atoms with Crippen LogP contribution in [0.25, 0.3) is 11.1 Å². The molecule has 136 valence electrons. The van der Waals surface area contributed by atoms with Crippen molar-refractivity contribution in [3.05, 3.63) is 30.4 Å². The first-order valence-electron chi connectivity index (χ1n) is 8.85. The molecule has 26 heavy (non-hydrogen) atoms. The second kappa shape index (κ2) is 6.44. The standard InChI is InChI=1S/C18H23N7O/c1-12(26)25-15-3-4-16(25)10-24(9-15)18(21-11-19)17-5-13(6-20-17)14-7-22-23(2)8-14/h5-8,11,15-16,19-20H,3-4,9-10H2,1-2H3/b19-11?,21-18+. The monoisotopic (exact) mass is 353 g/mol. The highest BCUT2D eigenvalue weighted by molar-refractivity contribution is 6.02. The van der Waals surface area contributed by atoms with E-state index in [4.69, 9.17) is 5.41 Å². The summed E-state index contributed by atoms with van der Waals surface area (Å²) in [6, 6.07) is 2.50. The van der Waals surface area contributed by atoms with Gasteiger partial charge in [-0.05, 0) is 18.9 Å². The molecule has 0 aromatic carbocycles. The van der Waals surface area contributed by atoms with E-state index in [2.05, 4.69) is 20.0 Å². The summed E-state index contributed by atoms with van der Waals surface area (Å²) in [6.45, 7) is 3.16. The lowest BCUT2D eigenvalue weighted by Gasteiger charge is -2.41. The Labute approximate surface area is 152 Å². The molecule has 2 aromatic heterocycles. The average Bonchev–Trinajstić information content (AvgIpc) is 3.31. The van der Waals surface area contributed by atoms with E-state index in [1.165, 1.54) is 0 Å². The van der Waals surface area contributed by atoms with Crippen LogP contribution in [0.15, 0.2) is 29.6 Å². The maximum absolute atomic E-state index is 11.9. The van der Waals surface area contributed by atoms with E-state index in [0.717, 1.165) is 54.9 Å². The Morgan fingerprint density at radius 2 is 2.08 bits per heavy atom. The molecule has 2 atom stereocenters. The number of nitrogens with zero attached hydrogens (tertiary/aromatic N) is 5. The molecule has 2 fully saturated rings. The van der Waals surface area contributed by atoms with Crippen LogP contribution in [-0.2, 0) is 11.8 Å². The molecule has 0 saturated carbocycles. The van der Waals surface area contributed by atoms with Gasteiger partial charge in [0, 0.05) is 62.7 Å². The number of piperazine rings is 1. The number of carbonyl (C=O) groups is 1. The molecule has 2 bridgehead atoms. The van der Waals surface area contributed by atoms with Gasteiger partial charge in [-0.25, -0.2) is 4.99 Å². The quantitative estimate of drug-likeness (QED) is 0.646. The van der Waals surface area contributed by atoms with Gasteiger partial charge in [-0.2, -0.15) is 5.10 Å². The molecular formula is C18H23N7O. The number of amidine groups is 1. The lowest BCUT2D eigenvalue weighted by Crippen LogP contribution is -2.56. The number of fused-ring (bicyclic) bond motifs is 2. The zero-order valence-electron chi connectivity index (χ0n) is 15.0. The van der Waals surface area contributed by atoms with E-state index in [0.29, 0.717) is 0 Å². The molecule has 8 nitrogen and oxygen atoms in total. The lowest BCUT2D eigenvalue weighted by molar-refractivity contribution is -0.133. The number of likely N-dealkylation sites (tertiary alicyclic amines) is 1. The first-order chi connectivity index (χ1) is 12.6. The van der Waals surface area contributed by atoms with Gasteiger partial charge in [-0.1, -0.05) is 0 Å². The zero-order chi connectivity index (χ0) is 18.3. The van der Waals surface area contributed by atoms with Crippen molar-refractivity contribution in [2.75, 3.05) is 13.1 Å². The summed E-state index contributed by atoms with van der Waals surface area (Å²) in [7, 11) is 1.89. The Morgan fingerprint density at radius 3 is 2.65 bits per heavy atom. The van der Waals surface area contributed by atoms with Crippen LogP contribution in [0.1, 0.15) is 25.5 Å². The minimum Gasteiger partial charge on any atom is -0.358 e. The fourth-order valence-electron chi connectivity index (χ4n) is 4.23. The predicted octanol–water partition coefficient (Wildman–Crippen LogP) is 1.46. The third-order valence-corrected chi connectivity index (χ3v) is 5.29. The minimum atomic E-state index is 0.154. The number of aromatic amines is 1. The molecule has 0 radical (unpaired) electrons. The van der Waals surface area contributed by atoms with Crippen molar-refractivity contribution in [3.63, 3.8) is 0 Å². The van der Waals surface area contributed by atoms with Crippen LogP contribution in [0.2, 0.25) is 0 Å². The first kappa shape index (κ1) is 16.6. The van der Waals surface area contributed by atoms with Crippen molar-refractivity contribution in [2.24, 2.45) is 12.0 Å². The predicted molar refractivity (Wildman–Crippen MR) is 99.2 cm³/mol. The Kier molecular flexibility index (Phi) is 4.10. The Hall–Kier alpha value is -2.90. The van der Waals surface area contributed by atoms with Gasteiger partial charge in [0.25, 0.3) is 0 Å². The highest BCUT2D eigenvalue weighted by atomic mass is 16.2. The molecule has 2 aliphatic rings. The maximum atomic E-state index is 11.9. The van der Waals surface area contributed by atoms with Gasteiger partial charge in [0.05, 0.1) is 11.9 Å². The normalized spacial score (nSPS) is 22.8. The number of amides is 1. The summed E-state index contributed by atoms with van der Waals surface area (Å²) in [5.41, 5.74) is 2.95. The zero-order valence-corrected chi connectivity index (χ0v) is 15.0. The number of hydrogen-bond acceptors (Lipinski definition) is 3. The number of rotatable bonds is 3. The molecule has 1 amide bonds. The number of aliphatic imine (C=N–C) groups is 1. The average molecular weight is 353 g/mol. The first-order valence-corrected chi connectivity index (χ1v) is 8.85. The van der Waals surface area contributed by atoms with E-state index >= 15 is 0 Å². The lowest BCUT2D eigenvalue weighted by atomic mass is 10.1. The summed E-state index contributed by atoms with van der Waals surface area (Å²) in [5.74, 6) is 0.914. The minimum absolute atomic E-state index is 0.154. The summed E-state index contributed by atoms with van der Waals surface area (Å²) in [4.78, 5) is 23.8. The van der Waals surface area contributed by atoms with E-state index in [-0.39, 0.29) is 18.0 Å². The molecule has 2 saturated heterocycles. The Bertz CT molecular complexity index is 851. The van der Waals surface area contributed by atoms with Crippen molar-refractivity contribution in [2.45, 2.75) is 31.8 Å². The Balaban J connectivity index is 1.60. The van der Waals surface area contributed by atoms with Gasteiger partial charge >= 0.3 is 0 Å². The molecule has 4 rings (SSSR count). The molecular weight excluding hydrogens is 330 g/mol. The van der Waals surface area contributed by atoms with Crippen molar-refractivity contribution in [1.82, 2.24) is 24.6 Å². The van der Waals surface area contributed by atoms with Gasteiger partial charge < -0.3 is 14.8 Å². The van der Waals surface area contributed by atoms with Crippen molar-refractivity contribution in [3.8, 4) is 11.1 Å². The second-order valence-corrected chi connectivity index (χ2v) is 7.00. The number of carbonyl (C=O) groups excluding carboxylic acids is 1. The largest absolute Gasteiger partial charge is 0.358 e. The number of hydrogen-bond donors (Lipinski definition) is 2. The van der Waals surface area contributed by atoms with E-state index < -0.39 is 0 Å². The fraction of sp³-hybridized carbons (Fsp3) is 0.444. The van der Waals surface area contributed by atoms with Crippen molar-refractivity contribution >= 4 is 18.1 Å². The van der Waals surface area contributed by atoms with Crippen LogP contribution in [0.5, 0.6) is 0 Å². The van der Waals surface area contributed by atoms with E-state index in [9.17, 15) is 4.79 Å².